The Kier molecular flexibility index (Phi) is 4.99. The molecule has 0 saturated heterocycles. The first-order valence-electron chi connectivity index (χ1n) is 7.92. The van der Waals surface area contributed by atoms with E-state index in [9.17, 15) is 13.2 Å². The van der Waals surface area contributed by atoms with E-state index < -0.39 is 11.7 Å². The van der Waals surface area contributed by atoms with Crippen LogP contribution in [0.2, 0.25) is 0 Å². The smallest absolute Gasteiger partial charge is 0.417 e. The predicted molar refractivity (Wildman–Crippen MR) is 95.6 cm³/mol. The summed E-state index contributed by atoms with van der Waals surface area (Å²) in [5, 5.41) is 0. The molecule has 0 unspecified atom stereocenters. The van der Waals surface area contributed by atoms with Crippen molar-refractivity contribution in [2.45, 2.75) is 12.8 Å². The standard InChI is InChI=1S/C22H15F3O/c1-2-17-11-12-19(14-21(17)22(23,24)25)18-9-6-10-20(13-18)26-15-16-7-4-3-5-8-16/h1,3-14H,15H2. The maximum atomic E-state index is 13.2. The number of hydrogen-bond donors (Lipinski definition) is 0. The van der Waals surface area contributed by atoms with Crippen LogP contribution >= 0.6 is 0 Å². The van der Waals surface area contributed by atoms with E-state index >= 15 is 0 Å². The molecule has 0 aromatic heterocycles. The fraction of sp³-hybridized carbons (Fsp3) is 0.0909. The van der Waals surface area contributed by atoms with Gasteiger partial charge in [0.2, 0.25) is 0 Å². The van der Waals surface area contributed by atoms with Crippen molar-refractivity contribution in [3.63, 3.8) is 0 Å². The molecule has 0 aliphatic rings. The zero-order valence-electron chi connectivity index (χ0n) is 13.8. The van der Waals surface area contributed by atoms with E-state index in [-0.39, 0.29) is 5.56 Å². The third-order valence-electron chi connectivity index (χ3n) is 3.90. The van der Waals surface area contributed by atoms with Gasteiger partial charge in [0.25, 0.3) is 0 Å². The van der Waals surface area contributed by atoms with Crippen LogP contribution in [0, 0.1) is 12.3 Å². The van der Waals surface area contributed by atoms with Crippen LogP contribution in [0.1, 0.15) is 16.7 Å². The highest BCUT2D eigenvalue weighted by molar-refractivity contribution is 5.67. The minimum Gasteiger partial charge on any atom is -0.489 e. The molecule has 0 spiro atoms. The lowest BCUT2D eigenvalue weighted by Crippen LogP contribution is -2.07. The second kappa shape index (κ2) is 7.37. The second-order valence-corrected chi connectivity index (χ2v) is 5.70. The van der Waals surface area contributed by atoms with E-state index in [0.29, 0.717) is 23.5 Å². The lowest BCUT2D eigenvalue weighted by Gasteiger charge is -2.12. The second-order valence-electron chi connectivity index (χ2n) is 5.70. The monoisotopic (exact) mass is 352 g/mol. The van der Waals surface area contributed by atoms with Gasteiger partial charge in [-0.15, -0.1) is 6.42 Å². The number of ether oxygens (including phenoxy) is 1. The normalized spacial score (nSPS) is 11.0. The molecule has 0 radical (unpaired) electrons. The Balaban J connectivity index is 1.87. The first-order chi connectivity index (χ1) is 12.5. The van der Waals surface area contributed by atoms with Gasteiger partial charge in [0.15, 0.2) is 0 Å². The third-order valence-corrected chi connectivity index (χ3v) is 3.90. The lowest BCUT2D eigenvalue weighted by molar-refractivity contribution is -0.137. The largest absolute Gasteiger partial charge is 0.489 e. The van der Waals surface area contributed by atoms with E-state index in [1.807, 2.05) is 30.3 Å². The van der Waals surface area contributed by atoms with Crippen molar-refractivity contribution in [2.24, 2.45) is 0 Å². The van der Waals surface area contributed by atoms with Gasteiger partial charge in [-0.3, -0.25) is 0 Å². The van der Waals surface area contributed by atoms with Crippen LogP contribution in [0.15, 0.2) is 72.8 Å². The van der Waals surface area contributed by atoms with Gasteiger partial charge >= 0.3 is 6.18 Å². The molecule has 3 aromatic rings. The van der Waals surface area contributed by atoms with Crippen LogP contribution in [0.3, 0.4) is 0 Å². The summed E-state index contributed by atoms with van der Waals surface area (Å²) >= 11 is 0. The fourth-order valence-corrected chi connectivity index (χ4v) is 2.59. The van der Waals surface area contributed by atoms with Crippen LogP contribution in [0.5, 0.6) is 5.75 Å². The summed E-state index contributed by atoms with van der Waals surface area (Å²) in [5.41, 5.74) is 1.09. The Bertz CT molecular complexity index is 938. The molecule has 0 heterocycles. The highest BCUT2D eigenvalue weighted by atomic mass is 19.4. The molecule has 0 aliphatic heterocycles. The molecule has 0 aliphatic carbocycles. The number of rotatable bonds is 4. The van der Waals surface area contributed by atoms with Crippen molar-refractivity contribution in [1.29, 1.82) is 0 Å². The molecule has 130 valence electrons. The lowest BCUT2D eigenvalue weighted by atomic mass is 9.99. The maximum Gasteiger partial charge on any atom is 0.417 e. The minimum atomic E-state index is -4.50. The Labute approximate surface area is 150 Å². The first kappa shape index (κ1) is 17.6. The summed E-state index contributed by atoms with van der Waals surface area (Å²) in [5.74, 6) is 2.67. The zero-order chi connectivity index (χ0) is 18.6. The molecule has 0 bridgehead atoms. The Morgan fingerprint density at radius 1 is 0.846 bits per heavy atom. The minimum absolute atomic E-state index is 0.169. The summed E-state index contributed by atoms with van der Waals surface area (Å²) in [6, 6.07) is 20.6. The first-order valence-corrected chi connectivity index (χ1v) is 7.92. The van der Waals surface area contributed by atoms with Crippen LogP contribution in [0.4, 0.5) is 13.2 Å². The van der Waals surface area contributed by atoms with Gasteiger partial charge in [-0.05, 0) is 41.0 Å². The molecule has 0 amide bonds. The molecule has 0 saturated carbocycles. The quantitative estimate of drug-likeness (QED) is 0.529. The molecule has 0 fully saturated rings. The van der Waals surface area contributed by atoms with Gasteiger partial charge < -0.3 is 4.74 Å². The molecule has 0 atom stereocenters. The molecule has 0 N–H and O–H groups in total. The summed E-state index contributed by atoms with van der Waals surface area (Å²) in [6.45, 7) is 0.383. The number of benzene rings is 3. The summed E-state index contributed by atoms with van der Waals surface area (Å²) in [4.78, 5) is 0. The zero-order valence-corrected chi connectivity index (χ0v) is 13.8. The predicted octanol–water partition coefficient (Wildman–Crippen LogP) is 5.93. The fourth-order valence-electron chi connectivity index (χ4n) is 2.59. The average Bonchev–Trinajstić information content (AvgIpc) is 2.66. The van der Waals surface area contributed by atoms with E-state index in [1.54, 1.807) is 30.3 Å². The van der Waals surface area contributed by atoms with E-state index in [2.05, 4.69) is 5.92 Å². The van der Waals surface area contributed by atoms with Crippen molar-refractivity contribution in [2.75, 3.05) is 0 Å². The SMILES string of the molecule is C#Cc1ccc(-c2cccc(OCc3ccccc3)c2)cc1C(F)(F)F. The van der Waals surface area contributed by atoms with Crippen LogP contribution in [-0.2, 0) is 12.8 Å². The van der Waals surface area contributed by atoms with Crippen molar-refractivity contribution >= 4 is 0 Å². The van der Waals surface area contributed by atoms with Crippen LogP contribution in [0.25, 0.3) is 11.1 Å². The van der Waals surface area contributed by atoms with Crippen molar-refractivity contribution < 1.29 is 17.9 Å². The number of terminal acetylenes is 1. The van der Waals surface area contributed by atoms with Crippen LogP contribution < -0.4 is 4.74 Å². The summed E-state index contributed by atoms with van der Waals surface area (Å²) < 4.78 is 45.3. The van der Waals surface area contributed by atoms with E-state index in [1.165, 1.54) is 6.07 Å². The topological polar surface area (TPSA) is 9.23 Å². The summed E-state index contributed by atoms with van der Waals surface area (Å²) in [7, 11) is 0. The number of hydrogen-bond acceptors (Lipinski definition) is 1. The van der Waals surface area contributed by atoms with Gasteiger partial charge in [-0.25, -0.2) is 0 Å². The Hall–Kier alpha value is -3.19. The summed E-state index contributed by atoms with van der Waals surface area (Å²) in [6.07, 6.45) is 0.684. The maximum absolute atomic E-state index is 13.2. The molecule has 3 rings (SSSR count). The molecule has 1 nitrogen and oxygen atoms in total. The van der Waals surface area contributed by atoms with E-state index in [0.717, 1.165) is 11.6 Å². The highest BCUT2D eigenvalue weighted by Crippen LogP contribution is 2.35. The van der Waals surface area contributed by atoms with Gasteiger partial charge in [-0.1, -0.05) is 54.5 Å². The van der Waals surface area contributed by atoms with Gasteiger partial charge in [0.05, 0.1) is 5.56 Å². The van der Waals surface area contributed by atoms with Crippen molar-refractivity contribution in [1.82, 2.24) is 0 Å². The van der Waals surface area contributed by atoms with Gasteiger partial charge in [0, 0.05) is 5.56 Å². The number of alkyl halides is 3. The Morgan fingerprint density at radius 3 is 2.27 bits per heavy atom. The molecule has 26 heavy (non-hydrogen) atoms. The highest BCUT2D eigenvalue weighted by Gasteiger charge is 2.33. The van der Waals surface area contributed by atoms with Gasteiger partial charge in [0.1, 0.15) is 12.4 Å². The number of halogens is 3. The van der Waals surface area contributed by atoms with Crippen molar-refractivity contribution in [3.8, 4) is 29.2 Å². The van der Waals surface area contributed by atoms with Crippen molar-refractivity contribution in [3.05, 3.63) is 89.5 Å². The van der Waals surface area contributed by atoms with E-state index in [4.69, 9.17) is 11.2 Å². The Morgan fingerprint density at radius 2 is 1.58 bits per heavy atom. The van der Waals surface area contributed by atoms with Gasteiger partial charge in [-0.2, -0.15) is 13.2 Å². The molecule has 3 aromatic carbocycles. The van der Waals surface area contributed by atoms with Crippen LogP contribution in [-0.4, -0.2) is 0 Å². The molecular weight excluding hydrogens is 337 g/mol. The molecule has 4 heteroatoms. The average molecular weight is 352 g/mol. The molecular formula is C22H15F3O. The third kappa shape index (κ3) is 4.07.